The number of aliphatic carboxylic acids is 1. The molecule has 0 radical (unpaired) electrons. The number of hydrogen-bond acceptors (Lipinski definition) is 3. The molecule has 18 heavy (non-hydrogen) atoms. The topological polar surface area (TPSA) is 76.0 Å². The predicted molar refractivity (Wildman–Crippen MR) is 66.8 cm³/mol. The molecular weight excluding hydrogens is 234 g/mol. The van der Waals surface area contributed by atoms with E-state index in [1.54, 1.807) is 0 Å². The Kier molecular flexibility index (Phi) is 5.05. The minimum Gasteiger partial charge on any atom is -0.481 e. The lowest BCUT2D eigenvalue weighted by Gasteiger charge is -2.11. The smallest absolute Gasteiger partial charge is 0.433 e. The molecular formula is C13H15NO4. The molecule has 0 aliphatic heterocycles. The van der Waals surface area contributed by atoms with Crippen molar-refractivity contribution in [3.05, 3.63) is 35.9 Å². The Balaban J connectivity index is 2.87. The zero-order chi connectivity index (χ0) is 13.5. The van der Waals surface area contributed by atoms with Crippen molar-refractivity contribution in [2.24, 2.45) is 10.9 Å². The van der Waals surface area contributed by atoms with Crippen LogP contribution in [-0.2, 0) is 16.0 Å². The van der Waals surface area contributed by atoms with E-state index in [1.807, 2.05) is 30.3 Å². The van der Waals surface area contributed by atoms with Crippen LogP contribution in [0.4, 0.5) is 4.79 Å². The van der Waals surface area contributed by atoms with Crippen LogP contribution in [0.15, 0.2) is 35.3 Å². The first-order valence-electron chi connectivity index (χ1n) is 5.44. The second-order valence-corrected chi connectivity index (χ2v) is 3.80. The SMILES string of the molecule is COC(=O)N=C(C)C(Cc1ccccc1)C(=O)O. The van der Waals surface area contributed by atoms with Crippen molar-refractivity contribution in [2.75, 3.05) is 7.11 Å². The summed E-state index contributed by atoms with van der Waals surface area (Å²) < 4.78 is 4.38. The summed E-state index contributed by atoms with van der Waals surface area (Å²) in [6, 6.07) is 9.19. The molecule has 0 aliphatic carbocycles. The Morgan fingerprint density at radius 1 is 1.33 bits per heavy atom. The summed E-state index contributed by atoms with van der Waals surface area (Å²) in [5.74, 6) is -1.84. The number of amides is 1. The van der Waals surface area contributed by atoms with Crippen molar-refractivity contribution in [3.63, 3.8) is 0 Å². The lowest BCUT2D eigenvalue weighted by Crippen LogP contribution is -2.25. The van der Waals surface area contributed by atoms with Crippen LogP contribution in [0.2, 0.25) is 0 Å². The molecule has 5 nitrogen and oxygen atoms in total. The van der Waals surface area contributed by atoms with Gasteiger partial charge in [-0.25, -0.2) is 4.79 Å². The lowest BCUT2D eigenvalue weighted by molar-refractivity contribution is -0.139. The van der Waals surface area contributed by atoms with Gasteiger partial charge in [0.15, 0.2) is 0 Å². The molecule has 96 valence electrons. The highest BCUT2D eigenvalue weighted by atomic mass is 16.5. The van der Waals surface area contributed by atoms with E-state index in [2.05, 4.69) is 9.73 Å². The second kappa shape index (κ2) is 6.54. The summed E-state index contributed by atoms with van der Waals surface area (Å²) in [5.41, 5.74) is 1.11. The monoisotopic (exact) mass is 249 g/mol. The van der Waals surface area contributed by atoms with E-state index in [0.29, 0.717) is 6.42 Å². The predicted octanol–water partition coefficient (Wildman–Crippen LogP) is 2.16. The van der Waals surface area contributed by atoms with Crippen molar-refractivity contribution in [1.82, 2.24) is 0 Å². The van der Waals surface area contributed by atoms with Crippen LogP contribution in [0.3, 0.4) is 0 Å². The molecule has 0 bridgehead atoms. The first-order valence-corrected chi connectivity index (χ1v) is 5.44. The summed E-state index contributed by atoms with van der Waals surface area (Å²) in [4.78, 5) is 25.8. The Labute approximate surface area is 105 Å². The number of methoxy groups -OCH3 is 1. The summed E-state index contributed by atoms with van der Waals surface area (Å²) in [6.45, 7) is 1.51. The molecule has 0 aromatic heterocycles. The number of carboxylic acids is 1. The molecule has 5 heteroatoms. The van der Waals surface area contributed by atoms with Gasteiger partial charge < -0.3 is 9.84 Å². The Morgan fingerprint density at radius 3 is 2.44 bits per heavy atom. The fourth-order valence-electron chi connectivity index (χ4n) is 1.53. The van der Waals surface area contributed by atoms with E-state index >= 15 is 0 Å². The quantitative estimate of drug-likeness (QED) is 0.829. The zero-order valence-corrected chi connectivity index (χ0v) is 10.3. The number of benzene rings is 1. The summed E-state index contributed by atoms with van der Waals surface area (Å²) >= 11 is 0. The zero-order valence-electron chi connectivity index (χ0n) is 10.3. The lowest BCUT2D eigenvalue weighted by atomic mass is 9.95. The van der Waals surface area contributed by atoms with Crippen molar-refractivity contribution >= 4 is 17.8 Å². The average Bonchev–Trinajstić information content (AvgIpc) is 2.36. The minimum atomic E-state index is -1.01. The van der Waals surface area contributed by atoms with Gasteiger partial charge in [0.05, 0.1) is 13.0 Å². The molecule has 1 aromatic rings. The van der Waals surface area contributed by atoms with Gasteiger partial charge in [0.2, 0.25) is 0 Å². The van der Waals surface area contributed by atoms with Crippen LogP contribution in [0, 0.1) is 5.92 Å². The minimum absolute atomic E-state index is 0.234. The normalized spacial score (nSPS) is 12.9. The van der Waals surface area contributed by atoms with Crippen LogP contribution in [0.25, 0.3) is 0 Å². The number of aliphatic imine (C=N–C) groups is 1. The molecule has 1 unspecified atom stereocenters. The number of nitrogens with zero attached hydrogens (tertiary/aromatic N) is 1. The number of hydrogen-bond donors (Lipinski definition) is 1. The van der Waals surface area contributed by atoms with Crippen LogP contribution in [-0.4, -0.2) is 30.0 Å². The van der Waals surface area contributed by atoms with E-state index in [4.69, 9.17) is 5.11 Å². The molecule has 1 atom stereocenters. The van der Waals surface area contributed by atoms with Gasteiger partial charge in [0, 0.05) is 5.71 Å². The fourth-order valence-corrected chi connectivity index (χ4v) is 1.53. The maximum atomic E-state index is 11.2. The largest absolute Gasteiger partial charge is 0.481 e. The Bertz CT molecular complexity index is 453. The molecule has 1 amide bonds. The van der Waals surface area contributed by atoms with Gasteiger partial charge in [-0.3, -0.25) is 4.79 Å². The maximum Gasteiger partial charge on any atom is 0.433 e. The van der Waals surface area contributed by atoms with Gasteiger partial charge in [0.25, 0.3) is 0 Å². The molecule has 0 spiro atoms. The number of carbonyl (C=O) groups is 2. The molecule has 1 aromatic carbocycles. The van der Waals surface area contributed by atoms with E-state index in [1.165, 1.54) is 14.0 Å². The fraction of sp³-hybridized carbons (Fsp3) is 0.308. The molecule has 1 rings (SSSR count). The summed E-state index contributed by atoms with van der Waals surface area (Å²) in [5, 5.41) is 9.16. The van der Waals surface area contributed by atoms with E-state index in [0.717, 1.165) is 5.56 Å². The number of carbonyl (C=O) groups excluding carboxylic acids is 1. The average molecular weight is 249 g/mol. The standard InChI is InChI=1S/C13H15NO4/c1-9(14-13(17)18-2)11(12(15)16)8-10-6-4-3-5-7-10/h3-7,11H,8H2,1-2H3,(H,15,16). The van der Waals surface area contributed by atoms with Crippen LogP contribution < -0.4 is 0 Å². The summed E-state index contributed by atoms with van der Waals surface area (Å²) in [6.07, 6.45) is -0.491. The van der Waals surface area contributed by atoms with Gasteiger partial charge in [0.1, 0.15) is 0 Å². The first kappa shape index (κ1) is 13.9. The third-order valence-electron chi connectivity index (χ3n) is 2.53. The van der Waals surface area contributed by atoms with Crippen molar-refractivity contribution < 1.29 is 19.4 Å². The van der Waals surface area contributed by atoms with Crippen molar-refractivity contribution in [1.29, 1.82) is 0 Å². The molecule has 0 heterocycles. The van der Waals surface area contributed by atoms with Gasteiger partial charge >= 0.3 is 12.1 Å². The van der Waals surface area contributed by atoms with Gasteiger partial charge in [-0.2, -0.15) is 4.99 Å². The number of ether oxygens (including phenoxy) is 1. The van der Waals surface area contributed by atoms with Crippen molar-refractivity contribution in [2.45, 2.75) is 13.3 Å². The number of rotatable bonds is 4. The molecule has 0 saturated carbocycles. The number of carboxylic acid groups (broad SMARTS) is 1. The third kappa shape index (κ3) is 4.01. The first-order chi connectivity index (χ1) is 8.54. The van der Waals surface area contributed by atoms with Crippen LogP contribution in [0.5, 0.6) is 0 Å². The van der Waals surface area contributed by atoms with Crippen molar-refractivity contribution in [3.8, 4) is 0 Å². The van der Waals surface area contributed by atoms with Gasteiger partial charge in [-0.15, -0.1) is 0 Å². The highest BCUT2D eigenvalue weighted by Gasteiger charge is 2.22. The molecule has 1 N–H and O–H groups in total. The van der Waals surface area contributed by atoms with E-state index in [9.17, 15) is 9.59 Å². The van der Waals surface area contributed by atoms with Gasteiger partial charge in [-0.1, -0.05) is 30.3 Å². The maximum absolute atomic E-state index is 11.2. The third-order valence-corrected chi connectivity index (χ3v) is 2.53. The van der Waals surface area contributed by atoms with E-state index in [-0.39, 0.29) is 5.71 Å². The highest BCUT2D eigenvalue weighted by Crippen LogP contribution is 2.11. The Hall–Kier alpha value is -2.17. The van der Waals surface area contributed by atoms with Crippen LogP contribution in [0.1, 0.15) is 12.5 Å². The Morgan fingerprint density at radius 2 is 1.94 bits per heavy atom. The summed E-state index contributed by atoms with van der Waals surface area (Å²) in [7, 11) is 1.20. The highest BCUT2D eigenvalue weighted by molar-refractivity contribution is 6.04. The molecule has 0 saturated heterocycles. The molecule has 0 aliphatic rings. The second-order valence-electron chi connectivity index (χ2n) is 3.80. The van der Waals surface area contributed by atoms with Crippen LogP contribution >= 0.6 is 0 Å². The molecule has 0 fully saturated rings. The van der Waals surface area contributed by atoms with Gasteiger partial charge in [-0.05, 0) is 18.9 Å². The van der Waals surface area contributed by atoms with E-state index < -0.39 is 18.0 Å².